The zero-order chi connectivity index (χ0) is 17.9. The lowest BCUT2D eigenvalue weighted by molar-refractivity contribution is -0.129. The number of fused-ring (bicyclic) bond motifs is 2. The highest BCUT2D eigenvalue weighted by Crippen LogP contribution is 2.62. The Bertz CT molecular complexity index is 592. The summed E-state index contributed by atoms with van der Waals surface area (Å²) in [5.41, 5.74) is 0.728. The second-order valence-corrected chi connectivity index (χ2v) is 10.4. The highest BCUT2D eigenvalue weighted by molar-refractivity contribution is 5.91. The molecule has 0 saturated heterocycles. The van der Waals surface area contributed by atoms with Gasteiger partial charge in [0.15, 0.2) is 0 Å². The predicted octanol–water partition coefficient (Wildman–Crippen LogP) is 5.40. The molecule has 7 unspecified atom stereocenters. The maximum atomic E-state index is 13.3. The van der Waals surface area contributed by atoms with Gasteiger partial charge >= 0.3 is 0 Å². The van der Waals surface area contributed by atoms with E-state index in [1.54, 1.807) is 0 Å². The summed E-state index contributed by atoms with van der Waals surface area (Å²) in [6.07, 6.45) is 5.53. The van der Waals surface area contributed by atoms with Gasteiger partial charge in [0.05, 0.1) is 6.07 Å². The Balaban J connectivity index is 1.71. The molecule has 24 heavy (non-hydrogen) atoms. The number of carbonyl (C=O) groups excluding carboxylic acids is 1. The molecule has 2 bridgehead atoms. The quantitative estimate of drug-likeness (QED) is 0.635. The van der Waals surface area contributed by atoms with Gasteiger partial charge in [0.2, 0.25) is 0 Å². The standard InChI is InChI=1S/C22H33NO/c1-13(2)22(6,12-21(3,4)5)20(24)19-10-18(19)17-9-14-7-15(11-23)16(17)8-14/h14-19H,1,7-10,12H2,2-6H3. The lowest BCUT2D eigenvalue weighted by Gasteiger charge is -2.36. The number of nitrogens with zero attached hydrogens (tertiary/aromatic N) is 1. The van der Waals surface area contributed by atoms with Crippen molar-refractivity contribution >= 4 is 5.78 Å². The van der Waals surface area contributed by atoms with Crippen LogP contribution in [-0.4, -0.2) is 5.78 Å². The Labute approximate surface area is 147 Å². The van der Waals surface area contributed by atoms with Gasteiger partial charge in [0, 0.05) is 17.3 Å². The molecular weight excluding hydrogens is 294 g/mol. The fourth-order valence-corrected chi connectivity index (χ4v) is 5.95. The van der Waals surface area contributed by atoms with Crippen LogP contribution in [0, 0.1) is 57.7 Å². The van der Waals surface area contributed by atoms with Crippen molar-refractivity contribution in [3.05, 3.63) is 12.2 Å². The third kappa shape index (κ3) is 2.96. The van der Waals surface area contributed by atoms with Gasteiger partial charge in [-0.05, 0) is 75.0 Å². The van der Waals surface area contributed by atoms with Crippen molar-refractivity contribution in [1.82, 2.24) is 0 Å². The fraction of sp³-hybridized carbons (Fsp3) is 0.818. The van der Waals surface area contributed by atoms with E-state index in [1.165, 1.54) is 12.8 Å². The van der Waals surface area contributed by atoms with E-state index >= 15 is 0 Å². The Morgan fingerprint density at radius 2 is 1.71 bits per heavy atom. The summed E-state index contributed by atoms with van der Waals surface area (Å²) in [5, 5.41) is 9.38. The molecule has 3 aliphatic carbocycles. The first-order chi connectivity index (χ1) is 11.1. The SMILES string of the molecule is C=C(C)C(C)(CC(C)(C)C)C(=O)C1CC1C1CC2CC(C#N)C1C2. The molecule has 0 N–H and O–H groups in total. The average Bonchev–Trinajstić information content (AvgIpc) is 3.01. The zero-order valence-corrected chi connectivity index (χ0v) is 16.1. The van der Waals surface area contributed by atoms with Crippen molar-refractivity contribution in [2.45, 2.75) is 66.7 Å². The Morgan fingerprint density at radius 3 is 2.21 bits per heavy atom. The first kappa shape index (κ1) is 17.7. The summed E-state index contributed by atoms with van der Waals surface area (Å²) in [7, 11) is 0. The van der Waals surface area contributed by atoms with Crippen molar-refractivity contribution in [2.24, 2.45) is 46.3 Å². The van der Waals surface area contributed by atoms with E-state index in [2.05, 4.69) is 40.3 Å². The van der Waals surface area contributed by atoms with Gasteiger partial charge in [0.25, 0.3) is 0 Å². The summed E-state index contributed by atoms with van der Waals surface area (Å²) >= 11 is 0. The Kier molecular flexibility index (Phi) is 4.22. The molecule has 0 spiro atoms. The van der Waals surface area contributed by atoms with Gasteiger partial charge in [-0.2, -0.15) is 5.26 Å². The molecule has 0 aromatic carbocycles. The third-order valence-corrected chi connectivity index (χ3v) is 7.13. The largest absolute Gasteiger partial charge is 0.298 e. The second-order valence-electron chi connectivity index (χ2n) is 10.4. The molecule has 0 aromatic rings. The molecule has 2 heteroatoms. The number of ketones is 1. The van der Waals surface area contributed by atoms with Crippen LogP contribution >= 0.6 is 0 Å². The van der Waals surface area contributed by atoms with Crippen LogP contribution in [0.15, 0.2) is 12.2 Å². The number of carbonyl (C=O) groups is 1. The summed E-state index contributed by atoms with van der Waals surface area (Å²) in [4.78, 5) is 13.3. The lowest BCUT2D eigenvalue weighted by Crippen LogP contribution is -2.35. The van der Waals surface area contributed by atoms with E-state index in [1.807, 2.05) is 6.92 Å². The lowest BCUT2D eigenvalue weighted by atomic mass is 9.67. The number of hydrogen-bond donors (Lipinski definition) is 0. The minimum absolute atomic E-state index is 0.117. The summed E-state index contributed by atoms with van der Waals surface area (Å²) in [6.45, 7) is 14.9. The fourth-order valence-electron chi connectivity index (χ4n) is 5.95. The van der Waals surface area contributed by atoms with Gasteiger partial charge in [-0.15, -0.1) is 0 Å². The minimum atomic E-state index is -0.399. The molecule has 2 nitrogen and oxygen atoms in total. The second kappa shape index (κ2) is 5.72. The minimum Gasteiger partial charge on any atom is -0.298 e. The van der Waals surface area contributed by atoms with Crippen LogP contribution in [0.2, 0.25) is 0 Å². The van der Waals surface area contributed by atoms with E-state index in [4.69, 9.17) is 0 Å². The van der Waals surface area contributed by atoms with Gasteiger partial charge in [-0.1, -0.05) is 32.9 Å². The van der Waals surface area contributed by atoms with Gasteiger partial charge in [0.1, 0.15) is 5.78 Å². The monoisotopic (exact) mass is 327 g/mol. The van der Waals surface area contributed by atoms with E-state index in [0.29, 0.717) is 23.5 Å². The molecular formula is C22H33NO. The third-order valence-electron chi connectivity index (χ3n) is 7.13. The predicted molar refractivity (Wildman–Crippen MR) is 97.0 cm³/mol. The molecule has 3 aliphatic rings. The van der Waals surface area contributed by atoms with Crippen LogP contribution in [0.4, 0.5) is 0 Å². The topological polar surface area (TPSA) is 40.9 Å². The van der Waals surface area contributed by atoms with Crippen molar-refractivity contribution in [3.8, 4) is 6.07 Å². The zero-order valence-electron chi connectivity index (χ0n) is 16.1. The van der Waals surface area contributed by atoms with Crippen LogP contribution in [-0.2, 0) is 4.79 Å². The summed E-state index contributed by atoms with van der Waals surface area (Å²) in [6, 6.07) is 2.53. The number of allylic oxidation sites excluding steroid dienone is 1. The molecule has 3 fully saturated rings. The Morgan fingerprint density at radius 1 is 1.08 bits per heavy atom. The molecule has 0 amide bonds. The maximum absolute atomic E-state index is 13.3. The number of hydrogen-bond acceptors (Lipinski definition) is 2. The van der Waals surface area contributed by atoms with E-state index in [-0.39, 0.29) is 17.3 Å². The average molecular weight is 328 g/mol. The number of rotatable bonds is 5. The smallest absolute Gasteiger partial charge is 0.146 e. The van der Waals surface area contributed by atoms with Crippen molar-refractivity contribution in [1.29, 1.82) is 5.26 Å². The molecule has 0 heterocycles. The number of Topliss-reactive ketones (excluding diaryl/α,β-unsaturated/α-hetero) is 1. The Hall–Kier alpha value is -1.10. The van der Waals surface area contributed by atoms with Crippen LogP contribution in [0.5, 0.6) is 0 Å². The highest BCUT2D eigenvalue weighted by Gasteiger charge is 2.59. The van der Waals surface area contributed by atoms with Crippen molar-refractivity contribution in [2.75, 3.05) is 0 Å². The molecule has 3 saturated carbocycles. The van der Waals surface area contributed by atoms with E-state index in [0.717, 1.165) is 30.8 Å². The van der Waals surface area contributed by atoms with Crippen molar-refractivity contribution < 1.29 is 4.79 Å². The van der Waals surface area contributed by atoms with Crippen LogP contribution in [0.1, 0.15) is 66.7 Å². The van der Waals surface area contributed by atoms with Crippen molar-refractivity contribution in [3.63, 3.8) is 0 Å². The molecule has 0 aliphatic heterocycles. The normalized spacial score (nSPS) is 40.0. The van der Waals surface area contributed by atoms with E-state index in [9.17, 15) is 10.1 Å². The van der Waals surface area contributed by atoms with Crippen LogP contribution < -0.4 is 0 Å². The van der Waals surface area contributed by atoms with Crippen LogP contribution in [0.25, 0.3) is 0 Å². The summed E-state index contributed by atoms with van der Waals surface area (Å²) in [5.74, 6) is 3.40. The number of nitriles is 1. The van der Waals surface area contributed by atoms with Gasteiger partial charge < -0.3 is 0 Å². The first-order valence-corrected chi connectivity index (χ1v) is 9.67. The molecule has 7 atom stereocenters. The van der Waals surface area contributed by atoms with Gasteiger partial charge in [-0.25, -0.2) is 0 Å². The maximum Gasteiger partial charge on any atom is 0.146 e. The molecule has 0 aromatic heterocycles. The van der Waals surface area contributed by atoms with Crippen LogP contribution in [0.3, 0.4) is 0 Å². The van der Waals surface area contributed by atoms with Gasteiger partial charge in [-0.3, -0.25) is 4.79 Å². The first-order valence-electron chi connectivity index (χ1n) is 9.67. The highest BCUT2D eigenvalue weighted by atomic mass is 16.1. The summed E-state index contributed by atoms with van der Waals surface area (Å²) < 4.78 is 0. The van der Waals surface area contributed by atoms with E-state index < -0.39 is 5.41 Å². The molecule has 0 radical (unpaired) electrons. The molecule has 3 rings (SSSR count). The molecule has 132 valence electrons.